The summed E-state index contributed by atoms with van der Waals surface area (Å²) in [6.45, 7) is 1.13. The topological polar surface area (TPSA) is 108 Å². The van der Waals surface area contributed by atoms with E-state index in [1.54, 1.807) is 24.3 Å². The molecule has 0 saturated carbocycles. The molecular weight excluding hydrogens is 286 g/mol. The molecule has 0 radical (unpaired) electrons. The van der Waals surface area contributed by atoms with Gasteiger partial charge in [0.05, 0.1) is 18.9 Å². The predicted octanol–water partition coefficient (Wildman–Crippen LogP) is 0.761. The first kappa shape index (κ1) is 17.2. The highest BCUT2D eigenvalue weighted by Gasteiger charge is 2.08. The van der Waals surface area contributed by atoms with Crippen molar-refractivity contribution in [1.82, 2.24) is 5.32 Å². The number of ether oxygens (including phenoxy) is 1. The van der Waals surface area contributed by atoms with Crippen LogP contribution in [0.2, 0.25) is 0 Å². The smallest absolute Gasteiger partial charge is 0.308 e. The highest BCUT2D eigenvalue weighted by Crippen LogP contribution is 2.09. The highest BCUT2D eigenvalue weighted by molar-refractivity contribution is 5.92. The molecule has 0 bridgehead atoms. The van der Waals surface area contributed by atoms with E-state index in [1.165, 1.54) is 6.92 Å². The monoisotopic (exact) mass is 303 g/mol. The summed E-state index contributed by atoms with van der Waals surface area (Å²) in [4.78, 5) is 33.5. The largest absolute Gasteiger partial charge is 0.456 e. The van der Waals surface area contributed by atoms with E-state index in [9.17, 15) is 14.4 Å². The summed E-state index contributed by atoms with van der Waals surface area (Å²) in [5, 5.41) is 13.6. The Labute approximate surface area is 128 Å². The second-order valence-electron chi connectivity index (χ2n) is 4.47. The van der Waals surface area contributed by atoms with Crippen molar-refractivity contribution in [3.05, 3.63) is 29.8 Å². The lowest BCUT2D eigenvalue weighted by Gasteiger charge is -2.07. The number of carbonyl (C=O) groups excluding carboxylic acids is 3. The van der Waals surface area contributed by atoms with Gasteiger partial charge in [-0.3, -0.25) is 14.4 Å². The normalized spacial score (nSPS) is 9.45. The van der Waals surface area contributed by atoms with E-state index in [0.29, 0.717) is 12.1 Å². The molecule has 1 aromatic rings. The van der Waals surface area contributed by atoms with Crippen molar-refractivity contribution < 1.29 is 19.1 Å². The Kier molecular flexibility index (Phi) is 7.13. The second-order valence-corrected chi connectivity index (χ2v) is 4.47. The van der Waals surface area contributed by atoms with Crippen LogP contribution in [0.3, 0.4) is 0 Å². The van der Waals surface area contributed by atoms with Gasteiger partial charge in [-0.1, -0.05) is 12.1 Å². The number of rotatable bonds is 7. The summed E-state index contributed by atoms with van der Waals surface area (Å²) in [7, 11) is 0. The van der Waals surface area contributed by atoms with Crippen LogP contribution in [0.4, 0.5) is 5.69 Å². The number of nitrogens with zero attached hydrogens (tertiary/aromatic N) is 1. The Morgan fingerprint density at radius 3 is 2.50 bits per heavy atom. The fraction of sp³-hybridized carbons (Fsp3) is 0.333. The standard InChI is InChI=1S/C15H17N3O4/c1-11(19)17-9-7-15(21)22-10-14(20)18-13-4-2-12(3-5-13)6-8-16/h2-5H,6-7,9-10H2,1H3,(H,17,19)(H,18,20). The van der Waals surface area contributed by atoms with Gasteiger partial charge in [0, 0.05) is 19.2 Å². The summed E-state index contributed by atoms with van der Waals surface area (Å²) in [5.41, 5.74) is 1.41. The van der Waals surface area contributed by atoms with Crippen LogP contribution in [0.15, 0.2) is 24.3 Å². The molecule has 2 amide bonds. The van der Waals surface area contributed by atoms with Gasteiger partial charge in [0.15, 0.2) is 6.61 Å². The van der Waals surface area contributed by atoms with Gasteiger partial charge in [-0.2, -0.15) is 5.26 Å². The molecule has 7 nitrogen and oxygen atoms in total. The fourth-order valence-corrected chi connectivity index (χ4v) is 1.55. The molecule has 0 unspecified atom stereocenters. The first-order chi connectivity index (χ1) is 10.5. The lowest BCUT2D eigenvalue weighted by atomic mass is 10.1. The minimum absolute atomic E-state index is 0.00964. The van der Waals surface area contributed by atoms with Gasteiger partial charge in [0.1, 0.15) is 0 Å². The van der Waals surface area contributed by atoms with Crippen LogP contribution in [0, 0.1) is 11.3 Å². The van der Waals surface area contributed by atoms with Gasteiger partial charge in [0.2, 0.25) is 5.91 Å². The maximum Gasteiger partial charge on any atom is 0.308 e. The van der Waals surface area contributed by atoms with E-state index < -0.39 is 18.5 Å². The van der Waals surface area contributed by atoms with Crippen molar-refractivity contribution >= 4 is 23.5 Å². The number of hydrogen-bond acceptors (Lipinski definition) is 5. The van der Waals surface area contributed by atoms with Crippen LogP contribution in [0.1, 0.15) is 18.9 Å². The molecule has 1 rings (SSSR count). The molecule has 7 heteroatoms. The zero-order valence-corrected chi connectivity index (χ0v) is 12.2. The zero-order valence-electron chi connectivity index (χ0n) is 12.2. The number of anilines is 1. The molecule has 0 aliphatic heterocycles. The SMILES string of the molecule is CC(=O)NCCC(=O)OCC(=O)Nc1ccc(CC#N)cc1. The molecule has 0 aromatic heterocycles. The maximum atomic E-state index is 11.6. The first-order valence-corrected chi connectivity index (χ1v) is 6.67. The number of nitriles is 1. The van der Waals surface area contributed by atoms with Gasteiger partial charge < -0.3 is 15.4 Å². The summed E-state index contributed by atoms with van der Waals surface area (Å²) >= 11 is 0. The molecule has 0 saturated heterocycles. The van der Waals surface area contributed by atoms with Crippen molar-refractivity contribution in [2.45, 2.75) is 19.8 Å². The molecule has 22 heavy (non-hydrogen) atoms. The summed E-state index contributed by atoms with van der Waals surface area (Å²) < 4.78 is 4.77. The third kappa shape index (κ3) is 7.05. The van der Waals surface area contributed by atoms with Gasteiger partial charge in [0.25, 0.3) is 5.91 Å². The van der Waals surface area contributed by atoms with Crippen LogP contribution >= 0.6 is 0 Å². The van der Waals surface area contributed by atoms with E-state index in [4.69, 9.17) is 10.00 Å². The highest BCUT2D eigenvalue weighted by atomic mass is 16.5. The van der Waals surface area contributed by atoms with Crippen molar-refractivity contribution in [2.75, 3.05) is 18.5 Å². The third-order valence-electron chi connectivity index (χ3n) is 2.59. The molecular formula is C15H17N3O4. The number of benzene rings is 1. The summed E-state index contributed by atoms with van der Waals surface area (Å²) in [6, 6.07) is 8.84. The average Bonchev–Trinajstić information content (AvgIpc) is 2.47. The number of nitrogens with one attached hydrogen (secondary N) is 2. The van der Waals surface area contributed by atoms with Crippen LogP contribution in [0.25, 0.3) is 0 Å². The molecule has 0 aliphatic rings. The van der Waals surface area contributed by atoms with Crippen molar-refractivity contribution in [2.24, 2.45) is 0 Å². The molecule has 0 spiro atoms. The van der Waals surface area contributed by atoms with E-state index in [1.807, 2.05) is 6.07 Å². The van der Waals surface area contributed by atoms with Crippen molar-refractivity contribution in [3.8, 4) is 6.07 Å². The second kappa shape index (κ2) is 9.13. The number of amides is 2. The third-order valence-corrected chi connectivity index (χ3v) is 2.59. The van der Waals surface area contributed by atoms with Crippen molar-refractivity contribution in [3.63, 3.8) is 0 Å². The molecule has 116 valence electrons. The van der Waals surface area contributed by atoms with E-state index in [2.05, 4.69) is 10.6 Å². The maximum absolute atomic E-state index is 11.6. The molecule has 1 aromatic carbocycles. The average molecular weight is 303 g/mol. The van der Waals surface area contributed by atoms with E-state index >= 15 is 0 Å². The Hall–Kier alpha value is -2.88. The van der Waals surface area contributed by atoms with Crippen LogP contribution in [-0.2, 0) is 25.5 Å². The first-order valence-electron chi connectivity index (χ1n) is 6.67. The van der Waals surface area contributed by atoms with Crippen LogP contribution in [0.5, 0.6) is 0 Å². The number of carbonyl (C=O) groups is 3. The van der Waals surface area contributed by atoms with Crippen LogP contribution in [-0.4, -0.2) is 30.9 Å². The Morgan fingerprint density at radius 2 is 1.91 bits per heavy atom. The minimum Gasteiger partial charge on any atom is -0.456 e. The van der Waals surface area contributed by atoms with E-state index in [-0.39, 0.29) is 18.9 Å². The quantitative estimate of drug-likeness (QED) is 0.723. The fourth-order valence-electron chi connectivity index (χ4n) is 1.55. The zero-order chi connectivity index (χ0) is 16.4. The van der Waals surface area contributed by atoms with Crippen molar-refractivity contribution in [1.29, 1.82) is 5.26 Å². The van der Waals surface area contributed by atoms with E-state index in [0.717, 1.165) is 5.56 Å². The lowest BCUT2D eigenvalue weighted by molar-refractivity contribution is -0.147. The molecule has 0 aliphatic carbocycles. The van der Waals surface area contributed by atoms with Gasteiger partial charge in [-0.15, -0.1) is 0 Å². The summed E-state index contributed by atoms with van der Waals surface area (Å²) in [6.07, 6.45) is 0.315. The Balaban J connectivity index is 2.29. The number of esters is 1. The van der Waals surface area contributed by atoms with Crippen LogP contribution < -0.4 is 10.6 Å². The Morgan fingerprint density at radius 1 is 1.23 bits per heavy atom. The molecule has 0 atom stereocenters. The van der Waals surface area contributed by atoms with Gasteiger partial charge >= 0.3 is 5.97 Å². The van der Waals surface area contributed by atoms with Gasteiger partial charge in [-0.25, -0.2) is 0 Å². The number of hydrogen-bond donors (Lipinski definition) is 2. The molecule has 2 N–H and O–H groups in total. The molecule has 0 heterocycles. The predicted molar refractivity (Wildman–Crippen MR) is 78.6 cm³/mol. The summed E-state index contributed by atoms with van der Waals surface area (Å²) in [5.74, 6) is -1.25. The van der Waals surface area contributed by atoms with Gasteiger partial charge in [-0.05, 0) is 17.7 Å². The minimum atomic E-state index is -0.562. The lowest BCUT2D eigenvalue weighted by Crippen LogP contribution is -2.25. The molecule has 0 fully saturated rings. The Bertz CT molecular complexity index is 575.